The van der Waals surface area contributed by atoms with Crippen molar-refractivity contribution in [2.75, 3.05) is 12.4 Å². The molecule has 0 aliphatic carbocycles. The molecule has 5 heteroatoms. The van der Waals surface area contributed by atoms with Crippen LogP contribution in [0.5, 0.6) is 5.75 Å². The average Bonchev–Trinajstić information content (AvgIpc) is 2.20. The molecule has 0 bridgehead atoms. The number of ether oxygens (including phenoxy) is 1. The lowest BCUT2D eigenvalue weighted by Gasteiger charge is -2.12. The summed E-state index contributed by atoms with van der Waals surface area (Å²) in [5.74, 6) is -1.86. The molecule has 0 aromatic heterocycles. The molecule has 0 amide bonds. The summed E-state index contributed by atoms with van der Waals surface area (Å²) in [5, 5.41) is 9.67. The molecule has 0 spiro atoms. The number of rotatable bonds is 3. The Morgan fingerprint density at radius 2 is 2.00 bits per heavy atom. The van der Waals surface area contributed by atoms with E-state index in [1.54, 1.807) is 0 Å². The molecule has 0 saturated carbocycles. The van der Waals surface area contributed by atoms with Crippen LogP contribution in [0.2, 0.25) is 0 Å². The summed E-state index contributed by atoms with van der Waals surface area (Å²) in [7, 11) is 1.33. The van der Waals surface area contributed by atoms with Gasteiger partial charge in [0, 0.05) is 17.0 Å². The number of aliphatic hydroxyl groups is 1. The van der Waals surface area contributed by atoms with E-state index in [1.165, 1.54) is 7.11 Å². The van der Waals surface area contributed by atoms with Gasteiger partial charge in [-0.3, -0.25) is 0 Å². The largest absolute Gasteiger partial charge is 0.496 e. The smallest absolute Gasteiger partial charge is 0.162 e. The van der Waals surface area contributed by atoms with Gasteiger partial charge in [-0.25, -0.2) is 8.78 Å². The highest BCUT2D eigenvalue weighted by Crippen LogP contribution is 2.28. The molecular formula is C9H9BrF2O2. The van der Waals surface area contributed by atoms with Gasteiger partial charge in [-0.2, -0.15) is 0 Å². The third-order valence-corrected chi connectivity index (χ3v) is 2.39. The second kappa shape index (κ2) is 4.70. The summed E-state index contributed by atoms with van der Waals surface area (Å²) >= 11 is 3.04. The zero-order valence-electron chi connectivity index (χ0n) is 7.43. The highest BCUT2D eigenvalue weighted by atomic mass is 79.9. The van der Waals surface area contributed by atoms with Crippen molar-refractivity contribution in [3.8, 4) is 5.75 Å². The molecule has 0 radical (unpaired) electrons. The number of methoxy groups -OCH3 is 1. The predicted octanol–water partition coefficient (Wildman–Crippen LogP) is 2.40. The van der Waals surface area contributed by atoms with Gasteiger partial charge in [-0.15, -0.1) is 0 Å². The van der Waals surface area contributed by atoms with E-state index in [1.807, 2.05) is 0 Å². The Bertz CT molecular complexity index is 331. The van der Waals surface area contributed by atoms with E-state index in [0.29, 0.717) is 0 Å². The number of halogens is 3. The fraction of sp³-hybridized carbons (Fsp3) is 0.333. The van der Waals surface area contributed by atoms with Crippen molar-refractivity contribution in [1.29, 1.82) is 0 Å². The molecular weight excluding hydrogens is 258 g/mol. The monoisotopic (exact) mass is 266 g/mol. The second-order valence-electron chi connectivity index (χ2n) is 2.68. The van der Waals surface area contributed by atoms with E-state index in [0.717, 1.165) is 12.1 Å². The number of benzene rings is 1. The lowest BCUT2D eigenvalue weighted by atomic mass is 10.1. The Morgan fingerprint density at radius 3 is 2.50 bits per heavy atom. The molecule has 0 fully saturated rings. The summed E-state index contributed by atoms with van der Waals surface area (Å²) in [5.41, 5.74) is 0.225. The van der Waals surface area contributed by atoms with E-state index < -0.39 is 17.7 Å². The standard InChI is InChI=1S/C9H9BrF2O2/c1-14-9-3-7(12)6(11)2-5(9)8(13)4-10/h2-3,8,13H,4H2,1H3. The Balaban J connectivity index is 3.19. The number of hydrogen-bond donors (Lipinski definition) is 1. The molecule has 0 saturated heterocycles. The Morgan fingerprint density at radius 1 is 1.43 bits per heavy atom. The minimum atomic E-state index is -0.999. The zero-order chi connectivity index (χ0) is 10.7. The lowest BCUT2D eigenvalue weighted by Crippen LogP contribution is -2.03. The van der Waals surface area contributed by atoms with Crippen LogP contribution in [0, 0.1) is 11.6 Å². The van der Waals surface area contributed by atoms with Crippen molar-refractivity contribution in [3.63, 3.8) is 0 Å². The summed E-state index contributed by atoms with van der Waals surface area (Å²) in [6.45, 7) is 0. The van der Waals surface area contributed by atoms with Crippen LogP contribution in [0.3, 0.4) is 0 Å². The molecule has 0 aliphatic heterocycles. The molecule has 14 heavy (non-hydrogen) atoms. The SMILES string of the molecule is COc1cc(F)c(F)cc1C(O)CBr. The van der Waals surface area contributed by atoms with Crippen LogP contribution in [0.15, 0.2) is 12.1 Å². The van der Waals surface area contributed by atoms with E-state index >= 15 is 0 Å². The maximum absolute atomic E-state index is 12.8. The van der Waals surface area contributed by atoms with Gasteiger partial charge < -0.3 is 9.84 Å². The van der Waals surface area contributed by atoms with Crippen LogP contribution in [-0.4, -0.2) is 17.5 Å². The summed E-state index contributed by atoms with van der Waals surface area (Å²) in [6, 6.07) is 1.84. The Labute approximate surface area is 88.6 Å². The van der Waals surface area contributed by atoms with E-state index in [2.05, 4.69) is 15.9 Å². The fourth-order valence-corrected chi connectivity index (χ4v) is 1.41. The van der Waals surface area contributed by atoms with Gasteiger partial charge in [-0.1, -0.05) is 15.9 Å². The molecule has 0 heterocycles. The lowest BCUT2D eigenvalue weighted by molar-refractivity contribution is 0.199. The van der Waals surface area contributed by atoms with Gasteiger partial charge in [0.15, 0.2) is 11.6 Å². The Hall–Kier alpha value is -0.680. The molecule has 1 atom stereocenters. The second-order valence-corrected chi connectivity index (χ2v) is 3.33. The molecule has 1 rings (SSSR count). The van der Waals surface area contributed by atoms with Crippen molar-refractivity contribution in [2.24, 2.45) is 0 Å². The van der Waals surface area contributed by atoms with Gasteiger partial charge in [0.25, 0.3) is 0 Å². The van der Waals surface area contributed by atoms with E-state index in [-0.39, 0.29) is 16.6 Å². The molecule has 78 valence electrons. The first-order valence-electron chi connectivity index (χ1n) is 3.87. The first-order chi connectivity index (χ1) is 6.60. The van der Waals surface area contributed by atoms with Crippen LogP contribution in [0.25, 0.3) is 0 Å². The highest BCUT2D eigenvalue weighted by Gasteiger charge is 2.16. The predicted molar refractivity (Wildman–Crippen MR) is 51.7 cm³/mol. The summed E-state index contributed by atoms with van der Waals surface area (Å²) < 4.78 is 30.4. The van der Waals surface area contributed by atoms with Crippen LogP contribution in [-0.2, 0) is 0 Å². The molecule has 1 N–H and O–H groups in total. The molecule has 2 nitrogen and oxygen atoms in total. The fourth-order valence-electron chi connectivity index (χ4n) is 1.06. The van der Waals surface area contributed by atoms with Gasteiger partial charge in [0.2, 0.25) is 0 Å². The Kier molecular flexibility index (Phi) is 3.83. The topological polar surface area (TPSA) is 29.5 Å². The van der Waals surface area contributed by atoms with Crippen LogP contribution < -0.4 is 4.74 Å². The van der Waals surface area contributed by atoms with Crippen LogP contribution in [0.4, 0.5) is 8.78 Å². The summed E-state index contributed by atoms with van der Waals surface area (Å²) in [4.78, 5) is 0. The molecule has 1 aromatic rings. The van der Waals surface area contributed by atoms with Gasteiger partial charge in [0.05, 0.1) is 13.2 Å². The normalized spacial score (nSPS) is 12.6. The maximum atomic E-state index is 12.8. The minimum Gasteiger partial charge on any atom is -0.496 e. The van der Waals surface area contributed by atoms with Crippen molar-refractivity contribution in [1.82, 2.24) is 0 Å². The van der Waals surface area contributed by atoms with Crippen molar-refractivity contribution in [3.05, 3.63) is 29.3 Å². The van der Waals surface area contributed by atoms with Gasteiger partial charge >= 0.3 is 0 Å². The first kappa shape index (κ1) is 11.4. The van der Waals surface area contributed by atoms with Crippen LogP contribution in [0.1, 0.15) is 11.7 Å². The number of aliphatic hydroxyl groups excluding tert-OH is 1. The number of hydrogen-bond acceptors (Lipinski definition) is 2. The average molecular weight is 267 g/mol. The summed E-state index contributed by atoms with van der Waals surface area (Å²) in [6.07, 6.45) is -0.917. The van der Waals surface area contributed by atoms with E-state index in [9.17, 15) is 13.9 Å². The molecule has 0 aliphatic rings. The van der Waals surface area contributed by atoms with Crippen molar-refractivity contribution < 1.29 is 18.6 Å². The first-order valence-corrected chi connectivity index (χ1v) is 4.99. The minimum absolute atomic E-state index is 0.135. The van der Waals surface area contributed by atoms with Gasteiger partial charge in [0.1, 0.15) is 5.75 Å². The zero-order valence-corrected chi connectivity index (χ0v) is 9.01. The van der Waals surface area contributed by atoms with E-state index in [4.69, 9.17) is 4.74 Å². The van der Waals surface area contributed by atoms with Gasteiger partial charge in [-0.05, 0) is 6.07 Å². The quantitative estimate of drug-likeness (QED) is 0.852. The molecule has 1 aromatic carbocycles. The van der Waals surface area contributed by atoms with Crippen molar-refractivity contribution >= 4 is 15.9 Å². The van der Waals surface area contributed by atoms with Crippen LogP contribution >= 0.6 is 15.9 Å². The highest BCUT2D eigenvalue weighted by molar-refractivity contribution is 9.09. The van der Waals surface area contributed by atoms with Crippen molar-refractivity contribution in [2.45, 2.75) is 6.10 Å². The third kappa shape index (κ3) is 2.22. The third-order valence-electron chi connectivity index (χ3n) is 1.78. The molecule has 1 unspecified atom stereocenters. The number of alkyl halides is 1. The maximum Gasteiger partial charge on any atom is 0.162 e.